The molecule has 0 bridgehead atoms. The van der Waals surface area contributed by atoms with Crippen LogP contribution in [0.5, 0.6) is 11.5 Å². The van der Waals surface area contributed by atoms with E-state index in [4.69, 9.17) is 19.6 Å². The van der Waals surface area contributed by atoms with Gasteiger partial charge >= 0.3 is 0 Å². The summed E-state index contributed by atoms with van der Waals surface area (Å²) in [5, 5.41) is 10.9. The molecule has 0 saturated carbocycles. The third-order valence-corrected chi connectivity index (χ3v) is 5.76. The van der Waals surface area contributed by atoms with Crippen molar-refractivity contribution in [3.63, 3.8) is 0 Å². The summed E-state index contributed by atoms with van der Waals surface area (Å²) in [5.74, 6) is 2.26. The molecule has 1 amide bonds. The van der Waals surface area contributed by atoms with Gasteiger partial charge in [0.25, 0.3) is 5.91 Å². The first-order chi connectivity index (χ1) is 17.1. The highest BCUT2D eigenvalue weighted by molar-refractivity contribution is 6.05. The summed E-state index contributed by atoms with van der Waals surface area (Å²) in [6, 6.07) is 20.0. The third kappa shape index (κ3) is 4.08. The van der Waals surface area contributed by atoms with Crippen molar-refractivity contribution >= 4 is 17.7 Å². The monoisotopic (exact) mass is 468 g/mol. The molecule has 176 valence electrons. The van der Waals surface area contributed by atoms with Gasteiger partial charge in [-0.1, -0.05) is 48.5 Å². The summed E-state index contributed by atoms with van der Waals surface area (Å²) in [5.41, 5.74) is 2.68. The molecular formula is C26H24N6O3. The van der Waals surface area contributed by atoms with Crippen LogP contribution in [0.25, 0.3) is 11.4 Å². The molecule has 9 nitrogen and oxygen atoms in total. The molecule has 2 aromatic carbocycles. The molecule has 0 spiro atoms. The number of aromatic nitrogens is 4. The van der Waals surface area contributed by atoms with Crippen LogP contribution < -0.4 is 20.1 Å². The van der Waals surface area contributed by atoms with Gasteiger partial charge in [0.05, 0.1) is 19.8 Å². The Labute approximate surface area is 202 Å². The van der Waals surface area contributed by atoms with E-state index < -0.39 is 6.04 Å². The maximum Gasteiger partial charge on any atom is 0.257 e. The van der Waals surface area contributed by atoms with Gasteiger partial charge in [0, 0.05) is 23.0 Å². The Hall–Kier alpha value is -4.66. The lowest BCUT2D eigenvalue weighted by Gasteiger charge is -2.29. The van der Waals surface area contributed by atoms with Crippen LogP contribution in [0.15, 0.2) is 84.2 Å². The van der Waals surface area contributed by atoms with E-state index in [2.05, 4.69) is 15.6 Å². The molecule has 0 fully saturated rings. The molecule has 1 unspecified atom stereocenters. The highest BCUT2D eigenvalue weighted by Crippen LogP contribution is 2.43. The first-order valence-electron chi connectivity index (χ1n) is 11.0. The lowest BCUT2D eigenvalue weighted by Crippen LogP contribution is -2.32. The minimum Gasteiger partial charge on any atom is -0.493 e. The number of ether oxygens (including phenoxy) is 2. The molecule has 0 aliphatic carbocycles. The summed E-state index contributed by atoms with van der Waals surface area (Å²) in [6.45, 7) is 1.84. The fraction of sp³-hybridized carbons (Fsp3) is 0.154. The average molecular weight is 469 g/mol. The number of allylic oxidation sites excluding steroid dienone is 1. The van der Waals surface area contributed by atoms with Gasteiger partial charge in [-0.25, -0.2) is 9.67 Å². The number of amides is 1. The lowest BCUT2D eigenvalue weighted by molar-refractivity contribution is -0.113. The van der Waals surface area contributed by atoms with Gasteiger partial charge in [-0.15, -0.1) is 5.10 Å². The van der Waals surface area contributed by atoms with Gasteiger partial charge < -0.3 is 20.1 Å². The van der Waals surface area contributed by atoms with Crippen molar-refractivity contribution < 1.29 is 14.3 Å². The van der Waals surface area contributed by atoms with E-state index in [9.17, 15) is 4.79 Å². The summed E-state index contributed by atoms with van der Waals surface area (Å²) >= 11 is 0. The summed E-state index contributed by atoms with van der Waals surface area (Å²) in [4.78, 5) is 22.6. The number of hydrogen-bond acceptors (Lipinski definition) is 7. The van der Waals surface area contributed by atoms with Crippen LogP contribution >= 0.6 is 0 Å². The number of nitrogens with zero attached hydrogens (tertiary/aromatic N) is 4. The van der Waals surface area contributed by atoms with Crippen LogP contribution in [0.2, 0.25) is 0 Å². The van der Waals surface area contributed by atoms with Crippen molar-refractivity contribution in [1.82, 2.24) is 19.7 Å². The fourth-order valence-electron chi connectivity index (χ4n) is 4.19. The Kier molecular flexibility index (Phi) is 5.88. The summed E-state index contributed by atoms with van der Waals surface area (Å²) < 4.78 is 13.0. The minimum atomic E-state index is -0.634. The zero-order valence-corrected chi connectivity index (χ0v) is 19.5. The number of hydrogen-bond donors (Lipinski definition) is 2. The number of carbonyl (C=O) groups excluding carboxylic acids is 1. The van der Waals surface area contributed by atoms with Crippen LogP contribution in [-0.2, 0) is 4.79 Å². The van der Waals surface area contributed by atoms with Crippen molar-refractivity contribution in [3.05, 3.63) is 89.8 Å². The van der Waals surface area contributed by atoms with Crippen molar-refractivity contribution in [2.24, 2.45) is 0 Å². The molecule has 3 heterocycles. The Morgan fingerprint density at radius 2 is 1.80 bits per heavy atom. The van der Waals surface area contributed by atoms with Crippen LogP contribution in [-0.4, -0.2) is 39.9 Å². The van der Waals surface area contributed by atoms with E-state index in [1.54, 1.807) is 37.2 Å². The summed E-state index contributed by atoms with van der Waals surface area (Å²) in [7, 11) is 3.15. The zero-order valence-electron chi connectivity index (χ0n) is 19.5. The SMILES string of the molecule is COc1cccc(C2C(C(=O)Nc3ccccn3)=C(C)Nc3nc(-c4ccccc4)nn32)c1OC. The molecule has 1 aliphatic heterocycles. The minimum absolute atomic E-state index is 0.314. The second-order valence-corrected chi connectivity index (χ2v) is 7.89. The average Bonchev–Trinajstić information content (AvgIpc) is 3.32. The van der Waals surface area contributed by atoms with E-state index in [0.717, 1.165) is 5.56 Å². The van der Waals surface area contributed by atoms with Crippen LogP contribution in [0.1, 0.15) is 18.5 Å². The number of carbonyl (C=O) groups is 1. The molecular weight excluding hydrogens is 444 g/mol. The van der Waals surface area contributed by atoms with E-state index in [-0.39, 0.29) is 5.91 Å². The van der Waals surface area contributed by atoms with Crippen LogP contribution in [0.4, 0.5) is 11.8 Å². The van der Waals surface area contributed by atoms with E-state index >= 15 is 0 Å². The fourth-order valence-corrected chi connectivity index (χ4v) is 4.19. The highest BCUT2D eigenvalue weighted by atomic mass is 16.5. The Morgan fingerprint density at radius 3 is 2.51 bits per heavy atom. The molecule has 35 heavy (non-hydrogen) atoms. The number of pyridine rings is 1. The number of fused-ring (bicyclic) bond motifs is 1. The van der Waals surface area contributed by atoms with Gasteiger partial charge in [-0.05, 0) is 25.1 Å². The van der Waals surface area contributed by atoms with Crippen molar-refractivity contribution in [1.29, 1.82) is 0 Å². The molecule has 1 aliphatic rings. The summed E-state index contributed by atoms with van der Waals surface area (Å²) in [6.07, 6.45) is 1.63. The Morgan fingerprint density at radius 1 is 1.00 bits per heavy atom. The van der Waals surface area contributed by atoms with Crippen LogP contribution in [0.3, 0.4) is 0 Å². The second kappa shape index (κ2) is 9.30. The predicted octanol–water partition coefficient (Wildman–Crippen LogP) is 4.28. The third-order valence-electron chi connectivity index (χ3n) is 5.76. The van der Waals surface area contributed by atoms with Gasteiger partial charge in [-0.2, -0.15) is 4.98 Å². The van der Waals surface area contributed by atoms with Gasteiger partial charge in [0.1, 0.15) is 11.9 Å². The molecule has 5 rings (SSSR count). The number of methoxy groups -OCH3 is 2. The first kappa shape index (κ1) is 22.1. The quantitative estimate of drug-likeness (QED) is 0.435. The van der Waals surface area contributed by atoms with E-state index in [1.165, 1.54) is 0 Å². The number of benzene rings is 2. The molecule has 4 aromatic rings. The molecule has 0 saturated heterocycles. The normalized spacial score (nSPS) is 14.7. The van der Waals surface area contributed by atoms with Gasteiger partial charge in [-0.3, -0.25) is 4.79 Å². The molecule has 9 heteroatoms. The lowest BCUT2D eigenvalue weighted by atomic mass is 9.94. The molecule has 1 atom stereocenters. The van der Waals surface area contributed by atoms with Crippen molar-refractivity contribution in [2.75, 3.05) is 24.9 Å². The van der Waals surface area contributed by atoms with E-state index in [0.29, 0.717) is 45.9 Å². The van der Waals surface area contributed by atoms with Crippen LogP contribution in [0, 0.1) is 0 Å². The molecule has 2 aromatic heterocycles. The second-order valence-electron chi connectivity index (χ2n) is 7.89. The number of rotatable bonds is 6. The number of anilines is 2. The smallest absolute Gasteiger partial charge is 0.257 e. The molecule has 0 radical (unpaired) electrons. The standard InChI is InChI=1S/C26H24N6O3/c1-16-21(25(33)29-20-14-7-8-15-27-20)22(18-12-9-13-19(34-2)23(18)35-3)32-26(28-16)30-24(31-32)17-10-5-4-6-11-17/h4-15,22H,1-3H3,(H,27,29,33)(H,28,30,31). The zero-order chi connectivity index (χ0) is 24.4. The van der Waals surface area contributed by atoms with E-state index in [1.807, 2.05) is 61.5 Å². The van der Waals surface area contributed by atoms with Crippen molar-refractivity contribution in [2.45, 2.75) is 13.0 Å². The largest absolute Gasteiger partial charge is 0.493 e. The van der Waals surface area contributed by atoms with Gasteiger partial charge in [0.15, 0.2) is 17.3 Å². The first-order valence-corrected chi connectivity index (χ1v) is 11.0. The Bertz CT molecular complexity index is 1400. The van der Waals surface area contributed by atoms with Gasteiger partial charge in [0.2, 0.25) is 5.95 Å². The molecule has 2 N–H and O–H groups in total. The highest BCUT2D eigenvalue weighted by Gasteiger charge is 2.37. The Balaban J connectivity index is 1.67. The maximum atomic E-state index is 13.6. The predicted molar refractivity (Wildman–Crippen MR) is 132 cm³/mol. The maximum absolute atomic E-state index is 13.6. The topological polar surface area (TPSA) is 103 Å². The van der Waals surface area contributed by atoms with Crippen molar-refractivity contribution in [3.8, 4) is 22.9 Å². The number of para-hydroxylation sites is 1. The number of nitrogens with one attached hydrogen (secondary N) is 2.